The number of morpholine rings is 1. The number of anilines is 1. The minimum absolute atomic E-state index is 0.0906. The number of rotatable bonds is 1. The van der Waals surface area contributed by atoms with Crippen LogP contribution in [0.5, 0.6) is 0 Å². The zero-order valence-electron chi connectivity index (χ0n) is 14.7. The maximum atomic E-state index is 13.2. The monoisotopic (exact) mass is 366 g/mol. The van der Waals surface area contributed by atoms with E-state index in [9.17, 15) is 4.79 Å². The van der Waals surface area contributed by atoms with Crippen LogP contribution in [0.3, 0.4) is 0 Å². The second-order valence-corrected chi connectivity index (χ2v) is 7.79. The van der Waals surface area contributed by atoms with E-state index in [-0.39, 0.29) is 5.56 Å². The fourth-order valence-corrected chi connectivity index (χ4v) is 4.60. The molecular weight excluding hydrogens is 348 g/mol. The molecular formula is C19H18N4O2S. The molecule has 4 heterocycles. The van der Waals surface area contributed by atoms with Crippen molar-refractivity contribution in [3.05, 3.63) is 45.1 Å². The Hall–Kier alpha value is -2.51. The van der Waals surface area contributed by atoms with E-state index < -0.39 is 0 Å². The number of ether oxygens (including phenoxy) is 1. The third kappa shape index (κ3) is 2.17. The average Bonchev–Trinajstić information content (AvgIpc) is 2.96. The van der Waals surface area contributed by atoms with Crippen molar-refractivity contribution < 1.29 is 4.74 Å². The van der Waals surface area contributed by atoms with Crippen LogP contribution in [0.4, 0.5) is 5.82 Å². The summed E-state index contributed by atoms with van der Waals surface area (Å²) in [6.07, 6.45) is 0. The molecule has 1 saturated heterocycles. The molecule has 1 aromatic carbocycles. The largest absolute Gasteiger partial charge is 0.378 e. The van der Waals surface area contributed by atoms with Gasteiger partial charge in [0.2, 0.25) is 0 Å². The molecule has 1 fully saturated rings. The molecule has 0 bridgehead atoms. The molecule has 0 aliphatic carbocycles. The van der Waals surface area contributed by atoms with Crippen LogP contribution in [0.2, 0.25) is 0 Å². The maximum absolute atomic E-state index is 13.2. The lowest BCUT2D eigenvalue weighted by molar-refractivity contribution is 0.122. The van der Waals surface area contributed by atoms with Gasteiger partial charge < -0.3 is 9.64 Å². The molecule has 0 amide bonds. The summed E-state index contributed by atoms with van der Waals surface area (Å²) in [5.74, 6) is 0.823. The number of nitrogens with zero attached hydrogens (tertiary/aromatic N) is 4. The highest BCUT2D eigenvalue weighted by Gasteiger charge is 2.20. The predicted molar refractivity (Wildman–Crippen MR) is 105 cm³/mol. The second-order valence-electron chi connectivity index (χ2n) is 6.58. The Kier molecular flexibility index (Phi) is 3.48. The number of aromatic nitrogens is 3. The molecule has 0 saturated carbocycles. The van der Waals surface area contributed by atoms with Crippen LogP contribution in [0, 0.1) is 13.8 Å². The number of benzene rings is 1. The van der Waals surface area contributed by atoms with Crippen molar-refractivity contribution in [2.24, 2.45) is 0 Å². The first-order valence-electron chi connectivity index (χ1n) is 8.69. The minimum atomic E-state index is -0.0906. The summed E-state index contributed by atoms with van der Waals surface area (Å²) in [7, 11) is 0. The number of aryl methyl sites for hydroxylation is 2. The molecule has 3 aromatic heterocycles. The van der Waals surface area contributed by atoms with Crippen molar-refractivity contribution >= 4 is 43.8 Å². The molecule has 132 valence electrons. The Bertz CT molecular complexity index is 1220. The Balaban J connectivity index is 1.93. The number of hydrogen-bond acceptors (Lipinski definition) is 6. The summed E-state index contributed by atoms with van der Waals surface area (Å²) in [5, 5.41) is 7.39. The van der Waals surface area contributed by atoms with E-state index in [0.717, 1.165) is 45.0 Å². The van der Waals surface area contributed by atoms with E-state index in [1.54, 1.807) is 11.3 Å². The fourth-order valence-electron chi connectivity index (χ4n) is 3.58. The molecule has 6 nitrogen and oxygen atoms in total. The average molecular weight is 366 g/mol. The van der Waals surface area contributed by atoms with Crippen LogP contribution >= 0.6 is 11.3 Å². The first-order valence-corrected chi connectivity index (χ1v) is 9.51. The van der Waals surface area contributed by atoms with Crippen LogP contribution in [-0.2, 0) is 4.74 Å². The van der Waals surface area contributed by atoms with E-state index in [1.807, 2.05) is 32.0 Å². The van der Waals surface area contributed by atoms with Crippen LogP contribution in [0.1, 0.15) is 10.4 Å². The number of fused-ring (bicyclic) bond motifs is 4. The van der Waals surface area contributed by atoms with Gasteiger partial charge in [0.25, 0.3) is 5.56 Å². The molecule has 7 heteroatoms. The van der Waals surface area contributed by atoms with E-state index in [4.69, 9.17) is 14.8 Å². The van der Waals surface area contributed by atoms with Gasteiger partial charge in [0.15, 0.2) is 11.5 Å². The molecule has 0 spiro atoms. The van der Waals surface area contributed by atoms with Crippen molar-refractivity contribution in [2.45, 2.75) is 13.8 Å². The molecule has 0 N–H and O–H groups in total. The summed E-state index contributed by atoms with van der Waals surface area (Å²) in [6, 6.07) is 8.05. The van der Waals surface area contributed by atoms with Crippen molar-refractivity contribution in [1.29, 1.82) is 0 Å². The Labute approximate surface area is 153 Å². The van der Waals surface area contributed by atoms with E-state index in [1.165, 1.54) is 4.52 Å². The second kappa shape index (κ2) is 5.75. The van der Waals surface area contributed by atoms with Crippen LogP contribution in [-0.4, -0.2) is 40.9 Å². The Morgan fingerprint density at radius 2 is 1.85 bits per heavy atom. The van der Waals surface area contributed by atoms with Crippen molar-refractivity contribution in [3.8, 4) is 0 Å². The summed E-state index contributed by atoms with van der Waals surface area (Å²) in [4.78, 5) is 22.1. The molecule has 0 radical (unpaired) electrons. The summed E-state index contributed by atoms with van der Waals surface area (Å²) < 4.78 is 6.95. The van der Waals surface area contributed by atoms with Crippen LogP contribution < -0.4 is 10.5 Å². The van der Waals surface area contributed by atoms with Gasteiger partial charge in [-0.3, -0.25) is 4.79 Å². The smallest absolute Gasteiger partial charge is 0.283 e. The maximum Gasteiger partial charge on any atom is 0.283 e. The SMILES string of the molecule is Cc1sc2nc3c4ccccc4c(N4CCOCC4)nn3c(=O)c2c1C. The predicted octanol–water partition coefficient (Wildman–Crippen LogP) is 2.91. The van der Waals surface area contributed by atoms with Gasteiger partial charge in [-0.05, 0) is 19.4 Å². The highest BCUT2D eigenvalue weighted by Crippen LogP contribution is 2.30. The third-order valence-electron chi connectivity index (χ3n) is 5.10. The molecule has 0 atom stereocenters. The third-order valence-corrected chi connectivity index (χ3v) is 6.20. The highest BCUT2D eigenvalue weighted by atomic mass is 32.1. The number of hydrogen-bond donors (Lipinski definition) is 0. The normalized spacial score (nSPS) is 15.4. The zero-order valence-corrected chi connectivity index (χ0v) is 15.5. The van der Waals surface area contributed by atoms with Gasteiger partial charge in [-0.1, -0.05) is 24.3 Å². The summed E-state index contributed by atoms with van der Waals surface area (Å²) in [5.41, 5.74) is 1.53. The lowest BCUT2D eigenvalue weighted by atomic mass is 10.1. The van der Waals surface area contributed by atoms with Gasteiger partial charge >= 0.3 is 0 Å². The lowest BCUT2D eigenvalue weighted by Gasteiger charge is -2.28. The molecule has 26 heavy (non-hydrogen) atoms. The van der Waals surface area contributed by atoms with Crippen LogP contribution in [0.15, 0.2) is 29.1 Å². The molecule has 1 aliphatic heterocycles. The van der Waals surface area contributed by atoms with Crippen molar-refractivity contribution in [3.63, 3.8) is 0 Å². The highest BCUT2D eigenvalue weighted by molar-refractivity contribution is 7.18. The molecule has 0 unspecified atom stereocenters. The fraction of sp³-hybridized carbons (Fsp3) is 0.316. The zero-order chi connectivity index (χ0) is 17.8. The van der Waals surface area contributed by atoms with Gasteiger partial charge in [0.05, 0.1) is 18.6 Å². The van der Waals surface area contributed by atoms with Crippen LogP contribution in [0.25, 0.3) is 26.6 Å². The molecule has 5 rings (SSSR count). The van der Waals surface area contributed by atoms with Gasteiger partial charge in [-0.15, -0.1) is 16.4 Å². The van der Waals surface area contributed by atoms with Crippen molar-refractivity contribution in [2.75, 3.05) is 31.2 Å². The summed E-state index contributed by atoms with van der Waals surface area (Å²) in [6.45, 7) is 6.88. The van der Waals surface area contributed by atoms with Gasteiger partial charge in [-0.25, -0.2) is 4.98 Å². The van der Waals surface area contributed by atoms with E-state index in [2.05, 4.69) is 11.0 Å². The summed E-state index contributed by atoms with van der Waals surface area (Å²) >= 11 is 1.57. The Morgan fingerprint density at radius 1 is 1.12 bits per heavy atom. The quantitative estimate of drug-likeness (QED) is 0.485. The van der Waals surface area contributed by atoms with Gasteiger partial charge in [0, 0.05) is 28.7 Å². The van der Waals surface area contributed by atoms with E-state index in [0.29, 0.717) is 24.2 Å². The molecule has 1 aliphatic rings. The minimum Gasteiger partial charge on any atom is -0.378 e. The Morgan fingerprint density at radius 3 is 2.62 bits per heavy atom. The van der Waals surface area contributed by atoms with E-state index >= 15 is 0 Å². The standard InChI is InChI=1S/C19H18N4O2S/c1-11-12(2)26-18-15(11)19(24)23-16(20-18)13-5-3-4-6-14(13)17(21-23)22-7-9-25-10-8-22/h3-6H,7-10H2,1-2H3. The first kappa shape index (κ1) is 15.7. The van der Waals surface area contributed by atoms with Gasteiger partial charge in [-0.2, -0.15) is 4.52 Å². The molecule has 4 aromatic rings. The topological polar surface area (TPSA) is 59.7 Å². The lowest BCUT2D eigenvalue weighted by Crippen LogP contribution is -2.37. The van der Waals surface area contributed by atoms with Crippen molar-refractivity contribution in [1.82, 2.24) is 14.6 Å². The first-order chi connectivity index (χ1) is 12.6. The number of thiophene rings is 1. The van der Waals surface area contributed by atoms with Gasteiger partial charge in [0.1, 0.15) is 4.83 Å².